The second-order valence-corrected chi connectivity index (χ2v) is 4.72. The van der Waals surface area contributed by atoms with Crippen LogP contribution in [0, 0.1) is 0 Å². The summed E-state index contributed by atoms with van der Waals surface area (Å²) >= 11 is 0. The summed E-state index contributed by atoms with van der Waals surface area (Å²) in [6, 6.07) is 7.66. The Labute approximate surface area is 116 Å². The number of hydrogen-bond donors (Lipinski definition) is 1. The molecule has 0 aliphatic rings. The number of benzene rings is 1. The topological polar surface area (TPSA) is 38.7 Å². The predicted octanol–water partition coefficient (Wildman–Crippen LogP) is 3.79. The van der Waals surface area contributed by atoms with Crippen molar-refractivity contribution in [3.8, 4) is 11.5 Å². The van der Waals surface area contributed by atoms with Crippen molar-refractivity contribution in [2.75, 3.05) is 6.61 Å². The van der Waals surface area contributed by atoms with Crippen LogP contribution in [0.5, 0.6) is 11.5 Å². The molecule has 1 aromatic carbocycles. The Balaban J connectivity index is 2.72. The van der Waals surface area contributed by atoms with Crippen molar-refractivity contribution in [3.05, 3.63) is 24.3 Å². The van der Waals surface area contributed by atoms with Gasteiger partial charge in [0.25, 0.3) is 0 Å². The van der Waals surface area contributed by atoms with Crippen molar-refractivity contribution in [2.45, 2.75) is 58.7 Å². The molecule has 108 valence electrons. The smallest absolute Gasteiger partial charge is 0.161 e. The van der Waals surface area contributed by atoms with Gasteiger partial charge in [-0.3, -0.25) is 0 Å². The molecule has 0 radical (unpaired) electrons. The molecule has 0 saturated carbocycles. The maximum Gasteiger partial charge on any atom is 0.161 e. The van der Waals surface area contributed by atoms with Crippen LogP contribution in [-0.4, -0.2) is 23.9 Å². The SMILES string of the molecule is CCCOc1ccccc1OC(CC)C(O)CCC. The van der Waals surface area contributed by atoms with E-state index < -0.39 is 6.10 Å². The summed E-state index contributed by atoms with van der Waals surface area (Å²) in [6.07, 6.45) is 2.86. The van der Waals surface area contributed by atoms with Crippen LogP contribution in [0.2, 0.25) is 0 Å². The highest BCUT2D eigenvalue weighted by atomic mass is 16.5. The van der Waals surface area contributed by atoms with E-state index in [2.05, 4.69) is 13.8 Å². The second-order valence-electron chi connectivity index (χ2n) is 4.72. The Hall–Kier alpha value is -1.22. The van der Waals surface area contributed by atoms with Crippen LogP contribution in [0.1, 0.15) is 46.5 Å². The molecule has 0 aliphatic heterocycles. The minimum Gasteiger partial charge on any atom is -0.490 e. The molecule has 3 heteroatoms. The zero-order chi connectivity index (χ0) is 14.1. The zero-order valence-corrected chi connectivity index (χ0v) is 12.3. The predicted molar refractivity (Wildman–Crippen MR) is 77.8 cm³/mol. The Morgan fingerprint density at radius 1 is 1.05 bits per heavy atom. The summed E-state index contributed by atoms with van der Waals surface area (Å²) in [4.78, 5) is 0. The quantitative estimate of drug-likeness (QED) is 0.739. The van der Waals surface area contributed by atoms with Crippen LogP contribution in [0.3, 0.4) is 0 Å². The molecule has 0 amide bonds. The van der Waals surface area contributed by atoms with Crippen molar-refractivity contribution in [1.29, 1.82) is 0 Å². The van der Waals surface area contributed by atoms with E-state index in [4.69, 9.17) is 9.47 Å². The number of ether oxygens (including phenoxy) is 2. The lowest BCUT2D eigenvalue weighted by Gasteiger charge is -2.24. The molecule has 1 rings (SSSR count). The van der Waals surface area contributed by atoms with Gasteiger partial charge in [-0.2, -0.15) is 0 Å². The van der Waals surface area contributed by atoms with Crippen molar-refractivity contribution in [2.24, 2.45) is 0 Å². The van der Waals surface area contributed by atoms with E-state index in [0.29, 0.717) is 6.61 Å². The van der Waals surface area contributed by atoms with Gasteiger partial charge in [0.15, 0.2) is 11.5 Å². The number of rotatable bonds is 9. The van der Waals surface area contributed by atoms with Crippen LogP contribution in [0.15, 0.2) is 24.3 Å². The fourth-order valence-electron chi connectivity index (χ4n) is 1.96. The van der Waals surface area contributed by atoms with Gasteiger partial charge in [-0.1, -0.05) is 39.3 Å². The summed E-state index contributed by atoms with van der Waals surface area (Å²) in [5.74, 6) is 1.48. The molecule has 0 fully saturated rings. The fourth-order valence-corrected chi connectivity index (χ4v) is 1.96. The maximum absolute atomic E-state index is 10.1. The molecule has 0 saturated heterocycles. The molecule has 1 N–H and O–H groups in total. The summed E-state index contributed by atoms with van der Waals surface area (Å²) in [5.41, 5.74) is 0. The molecule has 0 heterocycles. The third kappa shape index (κ3) is 5.11. The fraction of sp³-hybridized carbons (Fsp3) is 0.625. The summed E-state index contributed by atoms with van der Waals surface area (Å²) < 4.78 is 11.6. The number of hydrogen-bond acceptors (Lipinski definition) is 3. The maximum atomic E-state index is 10.1. The summed E-state index contributed by atoms with van der Waals surface area (Å²) in [6.45, 7) is 6.84. The van der Waals surface area contributed by atoms with Crippen molar-refractivity contribution < 1.29 is 14.6 Å². The molecule has 3 nitrogen and oxygen atoms in total. The first-order valence-electron chi connectivity index (χ1n) is 7.29. The molecule has 2 atom stereocenters. The highest BCUT2D eigenvalue weighted by molar-refractivity contribution is 5.39. The van der Waals surface area contributed by atoms with Gasteiger partial charge in [-0.15, -0.1) is 0 Å². The van der Waals surface area contributed by atoms with Gasteiger partial charge in [0.05, 0.1) is 12.7 Å². The summed E-state index contributed by atoms with van der Waals surface area (Å²) in [7, 11) is 0. The molecular weight excluding hydrogens is 240 g/mol. The van der Waals surface area contributed by atoms with Crippen LogP contribution >= 0.6 is 0 Å². The van der Waals surface area contributed by atoms with E-state index in [1.165, 1.54) is 0 Å². The van der Waals surface area contributed by atoms with E-state index in [9.17, 15) is 5.11 Å². The minimum atomic E-state index is -0.422. The van der Waals surface area contributed by atoms with Crippen LogP contribution < -0.4 is 9.47 Å². The normalized spacial score (nSPS) is 13.9. The van der Waals surface area contributed by atoms with E-state index in [0.717, 1.165) is 37.2 Å². The van der Waals surface area contributed by atoms with Gasteiger partial charge in [0, 0.05) is 0 Å². The van der Waals surface area contributed by atoms with Gasteiger partial charge in [-0.05, 0) is 31.4 Å². The third-order valence-electron chi connectivity index (χ3n) is 3.01. The van der Waals surface area contributed by atoms with E-state index >= 15 is 0 Å². The molecule has 0 aliphatic carbocycles. The Morgan fingerprint density at radius 2 is 1.74 bits per heavy atom. The number of aliphatic hydroxyl groups excluding tert-OH is 1. The molecule has 2 unspecified atom stereocenters. The van der Waals surface area contributed by atoms with E-state index in [-0.39, 0.29) is 6.10 Å². The first-order valence-corrected chi connectivity index (χ1v) is 7.29. The van der Waals surface area contributed by atoms with Gasteiger partial charge >= 0.3 is 0 Å². The molecule has 0 aromatic heterocycles. The lowest BCUT2D eigenvalue weighted by Crippen LogP contribution is -2.31. The van der Waals surface area contributed by atoms with Gasteiger partial charge < -0.3 is 14.6 Å². The lowest BCUT2D eigenvalue weighted by atomic mass is 10.1. The molecule has 0 bridgehead atoms. The highest BCUT2D eigenvalue weighted by Gasteiger charge is 2.19. The molecule has 0 spiro atoms. The third-order valence-corrected chi connectivity index (χ3v) is 3.01. The number of para-hydroxylation sites is 2. The Bertz CT molecular complexity index is 352. The van der Waals surface area contributed by atoms with Crippen molar-refractivity contribution in [1.82, 2.24) is 0 Å². The molecule has 1 aromatic rings. The van der Waals surface area contributed by atoms with Gasteiger partial charge in [0.1, 0.15) is 6.10 Å². The Kier molecular flexibility index (Phi) is 7.34. The van der Waals surface area contributed by atoms with E-state index in [1.807, 2.05) is 31.2 Å². The molecule has 19 heavy (non-hydrogen) atoms. The van der Waals surface area contributed by atoms with Crippen molar-refractivity contribution >= 4 is 0 Å². The van der Waals surface area contributed by atoms with Gasteiger partial charge in [0.2, 0.25) is 0 Å². The monoisotopic (exact) mass is 266 g/mol. The van der Waals surface area contributed by atoms with Gasteiger partial charge in [-0.25, -0.2) is 0 Å². The average molecular weight is 266 g/mol. The lowest BCUT2D eigenvalue weighted by molar-refractivity contribution is 0.0267. The van der Waals surface area contributed by atoms with Crippen molar-refractivity contribution in [3.63, 3.8) is 0 Å². The standard InChI is InChI=1S/C16H26O3/c1-4-9-13(17)14(6-3)19-16-11-8-7-10-15(16)18-12-5-2/h7-8,10-11,13-14,17H,4-6,9,12H2,1-3H3. The minimum absolute atomic E-state index is 0.175. The number of aliphatic hydroxyl groups is 1. The average Bonchev–Trinajstić information content (AvgIpc) is 2.43. The largest absolute Gasteiger partial charge is 0.490 e. The zero-order valence-electron chi connectivity index (χ0n) is 12.3. The summed E-state index contributed by atoms with van der Waals surface area (Å²) in [5, 5.41) is 10.1. The molecular formula is C16H26O3. The second kappa shape index (κ2) is 8.81. The van der Waals surface area contributed by atoms with E-state index in [1.54, 1.807) is 0 Å². The van der Waals surface area contributed by atoms with Crippen LogP contribution in [-0.2, 0) is 0 Å². The Morgan fingerprint density at radius 3 is 2.32 bits per heavy atom. The first kappa shape index (κ1) is 15.8. The highest BCUT2D eigenvalue weighted by Crippen LogP contribution is 2.29. The van der Waals surface area contributed by atoms with Crippen LogP contribution in [0.4, 0.5) is 0 Å². The van der Waals surface area contributed by atoms with Crippen LogP contribution in [0.25, 0.3) is 0 Å². The first-order chi connectivity index (χ1) is 9.22.